The molecule has 21 heavy (non-hydrogen) atoms. The number of rotatable bonds is 3. The Hall–Kier alpha value is -1.51. The predicted octanol–water partition coefficient (Wildman–Crippen LogP) is 0.697. The van der Waals surface area contributed by atoms with E-state index in [0.29, 0.717) is 5.56 Å². The van der Waals surface area contributed by atoms with Crippen LogP contribution in [0.4, 0.5) is 4.39 Å². The molecule has 0 amide bonds. The van der Waals surface area contributed by atoms with E-state index < -0.39 is 32.8 Å². The standard InChI is InChI=1S/C13H16FNO5S/c1-9-3-4-12(10(14)7-9)21(17,18)15-5-6-20-11(8-15)13(16)19-2/h3-4,7,11H,5-6,8H2,1-2H3. The minimum absolute atomic E-state index is 0.0481. The SMILES string of the molecule is COC(=O)C1CN(S(=O)(=O)c2ccc(C)cc2F)CCO1. The molecule has 0 aliphatic carbocycles. The molecule has 0 radical (unpaired) electrons. The largest absolute Gasteiger partial charge is 0.467 e. The van der Waals surface area contributed by atoms with Crippen molar-refractivity contribution in [2.75, 3.05) is 26.8 Å². The van der Waals surface area contributed by atoms with Crippen LogP contribution in [0.2, 0.25) is 0 Å². The van der Waals surface area contributed by atoms with Crippen molar-refractivity contribution in [3.8, 4) is 0 Å². The van der Waals surface area contributed by atoms with Gasteiger partial charge in [-0.1, -0.05) is 6.07 Å². The van der Waals surface area contributed by atoms with E-state index >= 15 is 0 Å². The fourth-order valence-electron chi connectivity index (χ4n) is 2.07. The summed E-state index contributed by atoms with van der Waals surface area (Å²) in [6, 6.07) is 3.90. The third-order valence-electron chi connectivity index (χ3n) is 3.20. The fourth-order valence-corrected chi connectivity index (χ4v) is 3.54. The maximum absolute atomic E-state index is 13.9. The lowest BCUT2D eigenvalue weighted by Crippen LogP contribution is -2.48. The van der Waals surface area contributed by atoms with Crippen molar-refractivity contribution in [3.63, 3.8) is 0 Å². The number of ether oxygens (including phenoxy) is 2. The van der Waals surface area contributed by atoms with E-state index in [1.165, 1.54) is 19.2 Å². The number of aryl methyl sites for hydroxylation is 1. The average molecular weight is 317 g/mol. The first kappa shape index (κ1) is 15.9. The van der Waals surface area contributed by atoms with Gasteiger partial charge in [-0.05, 0) is 24.6 Å². The van der Waals surface area contributed by atoms with Crippen molar-refractivity contribution in [1.82, 2.24) is 4.31 Å². The van der Waals surface area contributed by atoms with Gasteiger partial charge in [-0.15, -0.1) is 0 Å². The Morgan fingerprint density at radius 2 is 2.19 bits per heavy atom. The highest BCUT2D eigenvalue weighted by atomic mass is 32.2. The van der Waals surface area contributed by atoms with Crippen LogP contribution >= 0.6 is 0 Å². The third kappa shape index (κ3) is 3.22. The van der Waals surface area contributed by atoms with Gasteiger partial charge in [-0.2, -0.15) is 4.31 Å². The second-order valence-corrected chi connectivity index (χ2v) is 6.59. The Bertz CT molecular complexity index is 646. The quantitative estimate of drug-likeness (QED) is 0.767. The van der Waals surface area contributed by atoms with E-state index in [9.17, 15) is 17.6 Å². The highest BCUT2D eigenvalue weighted by molar-refractivity contribution is 7.89. The van der Waals surface area contributed by atoms with Crippen molar-refractivity contribution in [2.24, 2.45) is 0 Å². The molecule has 1 saturated heterocycles. The molecule has 6 nitrogen and oxygen atoms in total. The molecular formula is C13H16FNO5S. The van der Waals surface area contributed by atoms with E-state index in [-0.39, 0.29) is 19.7 Å². The van der Waals surface area contributed by atoms with Gasteiger partial charge in [0.15, 0.2) is 6.10 Å². The molecule has 0 N–H and O–H groups in total. The zero-order valence-corrected chi connectivity index (χ0v) is 12.5. The fraction of sp³-hybridized carbons (Fsp3) is 0.462. The lowest BCUT2D eigenvalue weighted by Gasteiger charge is -2.30. The summed E-state index contributed by atoms with van der Waals surface area (Å²) in [5, 5.41) is 0. The van der Waals surface area contributed by atoms with Gasteiger partial charge in [-0.3, -0.25) is 0 Å². The first-order chi connectivity index (χ1) is 9.86. The lowest BCUT2D eigenvalue weighted by molar-refractivity contribution is -0.157. The number of carbonyl (C=O) groups is 1. The summed E-state index contributed by atoms with van der Waals surface area (Å²) >= 11 is 0. The Morgan fingerprint density at radius 1 is 1.48 bits per heavy atom. The molecule has 0 saturated carbocycles. The second kappa shape index (κ2) is 6.08. The number of halogens is 1. The number of hydrogen-bond donors (Lipinski definition) is 0. The summed E-state index contributed by atoms with van der Waals surface area (Å²) in [5.74, 6) is -1.46. The Morgan fingerprint density at radius 3 is 2.81 bits per heavy atom. The minimum Gasteiger partial charge on any atom is -0.467 e. The number of esters is 1. The summed E-state index contributed by atoms with van der Waals surface area (Å²) in [6.07, 6.45) is -0.993. The molecule has 1 atom stereocenters. The molecule has 0 spiro atoms. The number of sulfonamides is 1. The average Bonchev–Trinajstić information content (AvgIpc) is 2.46. The lowest BCUT2D eigenvalue weighted by atomic mass is 10.2. The van der Waals surface area contributed by atoms with Gasteiger partial charge in [0.25, 0.3) is 0 Å². The third-order valence-corrected chi connectivity index (χ3v) is 5.10. The van der Waals surface area contributed by atoms with Crippen molar-refractivity contribution in [3.05, 3.63) is 29.6 Å². The molecule has 1 heterocycles. The molecule has 2 rings (SSSR count). The van der Waals surface area contributed by atoms with Crippen molar-refractivity contribution in [1.29, 1.82) is 0 Å². The Balaban J connectivity index is 2.28. The number of benzene rings is 1. The minimum atomic E-state index is -4.01. The van der Waals surface area contributed by atoms with Gasteiger partial charge < -0.3 is 9.47 Å². The second-order valence-electron chi connectivity index (χ2n) is 4.68. The van der Waals surface area contributed by atoms with Crippen LogP contribution in [-0.2, 0) is 24.3 Å². The number of morpholine rings is 1. The molecule has 8 heteroatoms. The van der Waals surface area contributed by atoms with Crippen LogP contribution in [0.5, 0.6) is 0 Å². The summed E-state index contributed by atoms with van der Waals surface area (Å²) in [6.45, 7) is 1.58. The number of methoxy groups -OCH3 is 1. The Kier molecular flexibility index (Phi) is 4.60. The highest BCUT2D eigenvalue weighted by Crippen LogP contribution is 2.22. The van der Waals surface area contributed by atoms with E-state index in [1.54, 1.807) is 6.92 Å². The van der Waals surface area contributed by atoms with Gasteiger partial charge in [0.2, 0.25) is 10.0 Å². The summed E-state index contributed by atoms with van der Waals surface area (Å²) in [7, 11) is -2.82. The van der Waals surface area contributed by atoms with Gasteiger partial charge >= 0.3 is 5.97 Å². The maximum atomic E-state index is 13.9. The molecule has 0 bridgehead atoms. The van der Waals surface area contributed by atoms with Crippen molar-refractivity contribution < 1.29 is 27.1 Å². The van der Waals surface area contributed by atoms with Crippen LogP contribution in [0, 0.1) is 12.7 Å². The maximum Gasteiger partial charge on any atom is 0.336 e. The first-order valence-corrected chi connectivity index (χ1v) is 7.76. The van der Waals surface area contributed by atoms with E-state index in [0.717, 1.165) is 10.4 Å². The summed E-state index contributed by atoms with van der Waals surface area (Å²) in [5.41, 5.74) is 0.626. The van der Waals surface area contributed by atoms with Crippen LogP contribution in [0.1, 0.15) is 5.56 Å². The number of nitrogens with zero attached hydrogens (tertiary/aromatic N) is 1. The topological polar surface area (TPSA) is 72.9 Å². The predicted molar refractivity (Wildman–Crippen MR) is 71.7 cm³/mol. The highest BCUT2D eigenvalue weighted by Gasteiger charge is 2.35. The van der Waals surface area contributed by atoms with E-state index in [2.05, 4.69) is 4.74 Å². The van der Waals surface area contributed by atoms with Gasteiger partial charge in [0.1, 0.15) is 10.7 Å². The normalized spacial score (nSPS) is 20.2. The molecule has 1 unspecified atom stereocenters. The zero-order chi connectivity index (χ0) is 15.6. The van der Waals surface area contributed by atoms with Crippen molar-refractivity contribution >= 4 is 16.0 Å². The summed E-state index contributed by atoms with van der Waals surface area (Å²) in [4.78, 5) is 11.0. The van der Waals surface area contributed by atoms with Crippen LogP contribution < -0.4 is 0 Å². The molecule has 116 valence electrons. The molecule has 0 aromatic heterocycles. The van der Waals surface area contributed by atoms with Gasteiger partial charge in [0.05, 0.1) is 20.3 Å². The molecule has 1 aliphatic heterocycles. The Labute approximate surface area is 122 Å². The van der Waals surface area contributed by atoms with Crippen LogP contribution in [0.15, 0.2) is 23.1 Å². The number of hydrogen-bond acceptors (Lipinski definition) is 5. The molecule has 1 aromatic carbocycles. The molecule has 1 aliphatic rings. The smallest absolute Gasteiger partial charge is 0.336 e. The first-order valence-electron chi connectivity index (χ1n) is 6.32. The zero-order valence-electron chi connectivity index (χ0n) is 11.7. The number of carbonyl (C=O) groups excluding carboxylic acids is 1. The van der Waals surface area contributed by atoms with Crippen molar-refractivity contribution in [2.45, 2.75) is 17.9 Å². The van der Waals surface area contributed by atoms with E-state index in [4.69, 9.17) is 4.74 Å². The van der Waals surface area contributed by atoms with E-state index in [1.807, 2.05) is 0 Å². The van der Waals surface area contributed by atoms with Gasteiger partial charge in [0, 0.05) is 6.54 Å². The monoisotopic (exact) mass is 317 g/mol. The molecule has 1 fully saturated rings. The van der Waals surface area contributed by atoms with Crippen LogP contribution in [-0.4, -0.2) is 51.6 Å². The van der Waals surface area contributed by atoms with Crippen LogP contribution in [0.3, 0.4) is 0 Å². The molecule has 1 aromatic rings. The molecular weight excluding hydrogens is 301 g/mol. The van der Waals surface area contributed by atoms with Crippen LogP contribution in [0.25, 0.3) is 0 Å². The van der Waals surface area contributed by atoms with Gasteiger partial charge in [-0.25, -0.2) is 17.6 Å². The summed E-state index contributed by atoms with van der Waals surface area (Å²) < 4.78 is 49.5.